The highest BCUT2D eigenvalue weighted by molar-refractivity contribution is 5.55. The van der Waals surface area contributed by atoms with Crippen LogP contribution >= 0.6 is 0 Å². The maximum atomic E-state index is 9.57. The Kier molecular flexibility index (Phi) is 4.74. The van der Waals surface area contributed by atoms with Crippen molar-refractivity contribution >= 4 is 5.82 Å². The monoisotopic (exact) mass is 219 g/mol. The van der Waals surface area contributed by atoms with E-state index in [1.54, 1.807) is 12.3 Å². The second-order valence-corrected chi connectivity index (χ2v) is 3.79. The van der Waals surface area contributed by atoms with Crippen molar-refractivity contribution in [2.24, 2.45) is 0 Å². The Morgan fingerprint density at radius 1 is 1.62 bits per heavy atom. The lowest BCUT2D eigenvalue weighted by Crippen LogP contribution is -2.20. The van der Waals surface area contributed by atoms with Crippen LogP contribution in [0, 0.1) is 18.3 Å². The first-order valence-corrected chi connectivity index (χ1v) is 5.46. The minimum Gasteiger partial charge on any atom is -0.391 e. The van der Waals surface area contributed by atoms with E-state index in [0.29, 0.717) is 17.9 Å². The lowest BCUT2D eigenvalue weighted by molar-refractivity contribution is 0.176. The Bertz CT molecular complexity index is 384. The Balaban J connectivity index is 2.67. The molecule has 0 aliphatic rings. The predicted octanol–water partition coefficient (Wildman–Crippen LogP) is 1.83. The van der Waals surface area contributed by atoms with Crippen LogP contribution in [0.15, 0.2) is 12.3 Å². The van der Waals surface area contributed by atoms with E-state index in [0.717, 1.165) is 18.4 Å². The molecule has 1 aromatic heterocycles. The maximum absolute atomic E-state index is 9.57. The Morgan fingerprint density at radius 2 is 2.38 bits per heavy atom. The molecule has 0 radical (unpaired) electrons. The van der Waals surface area contributed by atoms with Crippen LogP contribution in [0.1, 0.15) is 30.9 Å². The highest BCUT2D eigenvalue weighted by Crippen LogP contribution is 2.15. The van der Waals surface area contributed by atoms with Gasteiger partial charge in [-0.2, -0.15) is 5.26 Å². The normalized spacial score (nSPS) is 11.9. The fourth-order valence-electron chi connectivity index (χ4n) is 1.48. The number of aryl methyl sites for hydroxylation is 1. The number of aromatic nitrogens is 1. The van der Waals surface area contributed by atoms with Crippen molar-refractivity contribution < 1.29 is 5.11 Å². The molecule has 1 atom stereocenters. The number of hydrogen-bond donors (Lipinski definition) is 2. The summed E-state index contributed by atoms with van der Waals surface area (Å²) in [6.07, 6.45) is 2.96. The lowest BCUT2D eigenvalue weighted by Gasteiger charge is -2.12. The first-order valence-electron chi connectivity index (χ1n) is 5.46. The van der Waals surface area contributed by atoms with Crippen LogP contribution in [-0.4, -0.2) is 22.7 Å². The number of aliphatic hydroxyl groups excluding tert-OH is 1. The summed E-state index contributed by atoms with van der Waals surface area (Å²) in [6.45, 7) is 4.32. The highest BCUT2D eigenvalue weighted by Gasteiger charge is 2.08. The van der Waals surface area contributed by atoms with Crippen molar-refractivity contribution in [1.82, 2.24) is 4.98 Å². The molecule has 1 unspecified atom stereocenters. The van der Waals surface area contributed by atoms with Gasteiger partial charge in [0.1, 0.15) is 11.9 Å². The topological polar surface area (TPSA) is 68.9 Å². The molecule has 16 heavy (non-hydrogen) atoms. The molecule has 1 aromatic rings. The van der Waals surface area contributed by atoms with Crippen molar-refractivity contribution in [1.29, 1.82) is 5.26 Å². The summed E-state index contributed by atoms with van der Waals surface area (Å²) in [7, 11) is 0. The number of hydrogen-bond acceptors (Lipinski definition) is 4. The van der Waals surface area contributed by atoms with Crippen molar-refractivity contribution in [3.05, 3.63) is 23.4 Å². The van der Waals surface area contributed by atoms with Crippen LogP contribution in [-0.2, 0) is 0 Å². The second kappa shape index (κ2) is 6.09. The zero-order chi connectivity index (χ0) is 12.0. The molecule has 0 saturated carbocycles. The summed E-state index contributed by atoms with van der Waals surface area (Å²) >= 11 is 0. The smallest absolute Gasteiger partial charge is 0.144 e. The van der Waals surface area contributed by atoms with Gasteiger partial charge in [-0.15, -0.1) is 0 Å². The molecular weight excluding hydrogens is 202 g/mol. The van der Waals surface area contributed by atoms with E-state index in [1.807, 2.05) is 13.8 Å². The van der Waals surface area contributed by atoms with Gasteiger partial charge in [0.25, 0.3) is 0 Å². The zero-order valence-corrected chi connectivity index (χ0v) is 9.70. The molecule has 0 fully saturated rings. The third-order valence-electron chi connectivity index (χ3n) is 2.40. The van der Waals surface area contributed by atoms with Crippen LogP contribution in [0.4, 0.5) is 5.82 Å². The zero-order valence-electron chi connectivity index (χ0n) is 9.70. The average molecular weight is 219 g/mol. The molecule has 4 nitrogen and oxygen atoms in total. The fourth-order valence-corrected chi connectivity index (χ4v) is 1.48. The Labute approximate surface area is 95.9 Å². The Morgan fingerprint density at radius 3 is 3.00 bits per heavy atom. The molecule has 0 spiro atoms. The molecule has 86 valence electrons. The summed E-state index contributed by atoms with van der Waals surface area (Å²) in [6, 6.07) is 3.91. The number of nitriles is 1. The lowest BCUT2D eigenvalue weighted by atomic mass is 10.1. The summed E-state index contributed by atoms with van der Waals surface area (Å²) in [5, 5.41) is 21.6. The number of rotatable bonds is 5. The molecule has 2 N–H and O–H groups in total. The van der Waals surface area contributed by atoms with Gasteiger partial charge in [-0.05, 0) is 25.0 Å². The molecule has 4 heteroatoms. The van der Waals surface area contributed by atoms with E-state index >= 15 is 0 Å². The first-order chi connectivity index (χ1) is 7.69. The quantitative estimate of drug-likeness (QED) is 0.792. The number of pyridine rings is 1. The average Bonchev–Trinajstić information content (AvgIpc) is 2.27. The maximum Gasteiger partial charge on any atom is 0.144 e. The van der Waals surface area contributed by atoms with E-state index in [1.165, 1.54) is 0 Å². The number of nitrogens with one attached hydrogen (secondary N) is 1. The van der Waals surface area contributed by atoms with E-state index in [9.17, 15) is 5.11 Å². The third-order valence-corrected chi connectivity index (χ3v) is 2.40. The molecule has 1 rings (SSSR count). The van der Waals surface area contributed by atoms with Gasteiger partial charge in [-0.3, -0.25) is 0 Å². The van der Waals surface area contributed by atoms with Gasteiger partial charge in [0.05, 0.1) is 11.7 Å². The van der Waals surface area contributed by atoms with Crippen molar-refractivity contribution in [3.63, 3.8) is 0 Å². The first kappa shape index (κ1) is 12.5. The third kappa shape index (κ3) is 3.21. The largest absolute Gasteiger partial charge is 0.391 e. The van der Waals surface area contributed by atoms with Crippen LogP contribution in [0.25, 0.3) is 0 Å². The summed E-state index contributed by atoms with van der Waals surface area (Å²) in [4.78, 5) is 4.10. The summed E-state index contributed by atoms with van der Waals surface area (Å²) in [5.41, 5.74) is 1.44. The van der Waals surface area contributed by atoms with Gasteiger partial charge in [-0.25, -0.2) is 4.98 Å². The van der Waals surface area contributed by atoms with Gasteiger partial charge < -0.3 is 10.4 Å². The summed E-state index contributed by atoms with van der Waals surface area (Å²) in [5.74, 6) is 0.553. The van der Waals surface area contributed by atoms with Gasteiger partial charge in [0.15, 0.2) is 0 Å². The molecule has 1 heterocycles. The van der Waals surface area contributed by atoms with Crippen molar-refractivity contribution in [2.45, 2.75) is 32.8 Å². The molecule has 0 aromatic carbocycles. The van der Waals surface area contributed by atoms with Crippen LogP contribution in [0.2, 0.25) is 0 Å². The standard InChI is InChI=1S/C12H17N3O/c1-3-4-10(16)8-15-12-11(7-13)9(2)5-6-14-12/h5-6,10,16H,3-4,8H2,1-2H3,(H,14,15). The van der Waals surface area contributed by atoms with Crippen LogP contribution < -0.4 is 5.32 Å². The van der Waals surface area contributed by atoms with Crippen LogP contribution in [0.5, 0.6) is 0 Å². The highest BCUT2D eigenvalue weighted by atomic mass is 16.3. The molecule has 0 saturated heterocycles. The molecule has 0 aliphatic heterocycles. The molecular formula is C12H17N3O. The minimum absolute atomic E-state index is 0.390. The van der Waals surface area contributed by atoms with Gasteiger partial charge in [-0.1, -0.05) is 13.3 Å². The van der Waals surface area contributed by atoms with E-state index in [4.69, 9.17) is 5.26 Å². The van der Waals surface area contributed by atoms with Gasteiger partial charge in [0.2, 0.25) is 0 Å². The Hall–Kier alpha value is -1.60. The molecule has 0 aliphatic carbocycles. The van der Waals surface area contributed by atoms with Gasteiger partial charge >= 0.3 is 0 Å². The SMILES string of the molecule is CCCC(O)CNc1nccc(C)c1C#N. The number of nitrogens with zero attached hydrogens (tertiary/aromatic N) is 2. The summed E-state index contributed by atoms with van der Waals surface area (Å²) < 4.78 is 0. The minimum atomic E-state index is -0.390. The van der Waals surface area contributed by atoms with Gasteiger partial charge in [0, 0.05) is 12.7 Å². The van der Waals surface area contributed by atoms with E-state index in [2.05, 4.69) is 16.4 Å². The molecule has 0 bridgehead atoms. The number of anilines is 1. The second-order valence-electron chi connectivity index (χ2n) is 3.79. The van der Waals surface area contributed by atoms with Crippen molar-refractivity contribution in [2.75, 3.05) is 11.9 Å². The fraction of sp³-hybridized carbons (Fsp3) is 0.500. The van der Waals surface area contributed by atoms with E-state index < -0.39 is 0 Å². The van der Waals surface area contributed by atoms with Crippen molar-refractivity contribution in [3.8, 4) is 6.07 Å². The van der Waals surface area contributed by atoms with Crippen LogP contribution in [0.3, 0.4) is 0 Å². The number of aliphatic hydroxyl groups is 1. The molecule has 0 amide bonds. The van der Waals surface area contributed by atoms with E-state index in [-0.39, 0.29) is 6.10 Å². The predicted molar refractivity (Wildman–Crippen MR) is 63.1 cm³/mol.